The zero-order valence-corrected chi connectivity index (χ0v) is 19.6. The van der Waals surface area contributed by atoms with Crippen LogP contribution in [0.2, 0.25) is 10.0 Å². The number of halogens is 2. The molecule has 1 fully saturated rings. The number of hydrogen-bond donors (Lipinski definition) is 1. The summed E-state index contributed by atoms with van der Waals surface area (Å²) in [4.78, 5) is 4.83. The zero-order valence-electron chi connectivity index (χ0n) is 16.5. The van der Waals surface area contributed by atoms with E-state index in [2.05, 4.69) is 15.5 Å². The van der Waals surface area contributed by atoms with Crippen molar-refractivity contribution in [3.05, 3.63) is 63.5 Å². The van der Waals surface area contributed by atoms with Crippen molar-refractivity contribution in [3.8, 4) is 11.3 Å². The lowest BCUT2D eigenvalue weighted by atomic mass is 10.2. The summed E-state index contributed by atoms with van der Waals surface area (Å²) in [5.74, 6) is 0. The summed E-state index contributed by atoms with van der Waals surface area (Å²) >= 11 is 13.4. The Morgan fingerprint density at radius 2 is 1.81 bits per heavy atom. The minimum atomic E-state index is -3.44. The van der Waals surface area contributed by atoms with Crippen LogP contribution >= 0.6 is 34.5 Å². The highest BCUT2D eigenvalue weighted by atomic mass is 35.5. The van der Waals surface area contributed by atoms with E-state index in [1.165, 1.54) is 11.3 Å². The largest absolute Gasteiger partial charge is 0.253 e. The van der Waals surface area contributed by atoms with Gasteiger partial charge in [-0.1, -0.05) is 47.8 Å². The van der Waals surface area contributed by atoms with E-state index in [1.54, 1.807) is 53.0 Å². The Balaban J connectivity index is 1.43. The maximum absolute atomic E-state index is 12.8. The van der Waals surface area contributed by atoms with Crippen LogP contribution in [0.3, 0.4) is 0 Å². The molecular formula is C21H20Cl2N4O2S2. The summed E-state index contributed by atoms with van der Waals surface area (Å²) in [6.07, 6.45) is 4.51. The monoisotopic (exact) mass is 494 g/mol. The van der Waals surface area contributed by atoms with Gasteiger partial charge in [-0.3, -0.25) is 5.43 Å². The lowest BCUT2D eigenvalue weighted by molar-refractivity contribution is 0.346. The molecular weight excluding hydrogens is 475 g/mol. The minimum absolute atomic E-state index is 0.316. The molecule has 2 aromatic carbocycles. The van der Waals surface area contributed by atoms with E-state index >= 15 is 0 Å². The molecule has 1 saturated heterocycles. The van der Waals surface area contributed by atoms with Gasteiger partial charge in [0.15, 0.2) is 0 Å². The summed E-state index contributed by atoms with van der Waals surface area (Å²) in [5.41, 5.74) is 5.21. The summed E-state index contributed by atoms with van der Waals surface area (Å²) < 4.78 is 27.1. The number of nitrogens with one attached hydrogen (secondary N) is 1. The highest BCUT2D eigenvalue weighted by Gasteiger charge is 2.25. The van der Waals surface area contributed by atoms with Crippen LogP contribution in [0.1, 0.15) is 24.8 Å². The predicted octanol–water partition coefficient (Wildman–Crippen LogP) is 5.74. The van der Waals surface area contributed by atoms with Gasteiger partial charge < -0.3 is 0 Å². The van der Waals surface area contributed by atoms with Gasteiger partial charge in [0.1, 0.15) is 0 Å². The molecule has 4 rings (SSSR count). The second kappa shape index (κ2) is 9.67. The van der Waals surface area contributed by atoms with Gasteiger partial charge >= 0.3 is 0 Å². The Kier molecular flexibility index (Phi) is 6.93. The van der Waals surface area contributed by atoms with Gasteiger partial charge in [-0.25, -0.2) is 13.4 Å². The first-order chi connectivity index (χ1) is 14.9. The topological polar surface area (TPSA) is 74.7 Å². The van der Waals surface area contributed by atoms with Gasteiger partial charge in [0.05, 0.1) is 21.8 Å². The first-order valence-electron chi connectivity index (χ1n) is 9.74. The Morgan fingerprint density at radius 3 is 2.52 bits per heavy atom. The molecule has 0 unspecified atom stereocenters. The third-order valence-electron chi connectivity index (χ3n) is 4.93. The molecule has 6 nitrogen and oxygen atoms in total. The number of aromatic nitrogens is 1. The van der Waals surface area contributed by atoms with Crippen molar-refractivity contribution in [3.63, 3.8) is 0 Å². The molecule has 1 aromatic heterocycles. The van der Waals surface area contributed by atoms with Crippen molar-refractivity contribution in [2.75, 3.05) is 18.5 Å². The van der Waals surface area contributed by atoms with Crippen LogP contribution < -0.4 is 5.43 Å². The van der Waals surface area contributed by atoms with Gasteiger partial charge in [0.25, 0.3) is 0 Å². The average molecular weight is 495 g/mol. The maximum Gasteiger partial charge on any atom is 0.243 e. The van der Waals surface area contributed by atoms with Crippen LogP contribution in [0.25, 0.3) is 11.3 Å². The molecule has 0 atom stereocenters. The molecule has 3 aromatic rings. The van der Waals surface area contributed by atoms with Gasteiger partial charge in [-0.05, 0) is 37.1 Å². The maximum atomic E-state index is 12.8. The van der Waals surface area contributed by atoms with Crippen molar-refractivity contribution in [1.29, 1.82) is 0 Å². The van der Waals surface area contributed by atoms with E-state index in [9.17, 15) is 8.42 Å². The fourth-order valence-corrected chi connectivity index (χ4v) is 5.92. The smallest absolute Gasteiger partial charge is 0.243 e. The summed E-state index contributed by atoms with van der Waals surface area (Å²) in [6.45, 7) is 1.18. The second-order valence-corrected chi connectivity index (χ2v) is 10.7. The minimum Gasteiger partial charge on any atom is -0.253 e. The third-order valence-corrected chi connectivity index (χ3v) is 8.16. The molecule has 0 radical (unpaired) electrons. The van der Waals surface area contributed by atoms with Crippen LogP contribution in [0.15, 0.2) is 57.8 Å². The number of rotatable bonds is 6. The Hall–Kier alpha value is -1.97. The fraction of sp³-hybridized carbons (Fsp3) is 0.238. The lowest BCUT2D eigenvalue weighted by Crippen LogP contribution is -2.35. The first-order valence-corrected chi connectivity index (χ1v) is 12.8. The molecule has 1 aliphatic heterocycles. The van der Waals surface area contributed by atoms with Gasteiger partial charge in [-0.2, -0.15) is 9.41 Å². The van der Waals surface area contributed by atoms with Crippen molar-refractivity contribution < 1.29 is 8.42 Å². The number of hydrazone groups is 1. The van der Waals surface area contributed by atoms with Gasteiger partial charge in [-0.15, -0.1) is 11.3 Å². The number of hydrogen-bond acceptors (Lipinski definition) is 6. The number of sulfonamides is 1. The molecule has 31 heavy (non-hydrogen) atoms. The van der Waals surface area contributed by atoms with Crippen molar-refractivity contribution >= 4 is 55.9 Å². The number of benzene rings is 2. The van der Waals surface area contributed by atoms with Crippen molar-refractivity contribution in [2.45, 2.75) is 24.2 Å². The molecule has 162 valence electrons. The van der Waals surface area contributed by atoms with Crippen LogP contribution in [0.5, 0.6) is 0 Å². The van der Waals surface area contributed by atoms with Crippen LogP contribution in [0, 0.1) is 0 Å². The summed E-state index contributed by atoms with van der Waals surface area (Å²) in [5, 5.41) is 7.75. The molecule has 0 saturated carbocycles. The lowest BCUT2D eigenvalue weighted by Gasteiger charge is -2.25. The number of thiazole rings is 1. The van der Waals surface area contributed by atoms with E-state index in [1.807, 2.05) is 5.38 Å². The molecule has 0 aliphatic carbocycles. The van der Waals surface area contributed by atoms with Crippen molar-refractivity contribution in [1.82, 2.24) is 9.29 Å². The Bertz CT molecular complexity index is 1190. The third kappa shape index (κ3) is 5.27. The van der Waals surface area contributed by atoms with E-state index in [0.29, 0.717) is 33.2 Å². The van der Waals surface area contributed by atoms with E-state index in [4.69, 9.17) is 23.2 Å². The van der Waals surface area contributed by atoms with Crippen molar-refractivity contribution in [2.24, 2.45) is 5.10 Å². The molecule has 0 spiro atoms. The van der Waals surface area contributed by atoms with Gasteiger partial charge in [0, 0.05) is 34.6 Å². The van der Waals surface area contributed by atoms with Gasteiger partial charge in [0.2, 0.25) is 15.2 Å². The Morgan fingerprint density at radius 1 is 1.06 bits per heavy atom. The first kappa shape index (κ1) is 22.2. The van der Waals surface area contributed by atoms with Crippen LogP contribution in [-0.2, 0) is 10.0 Å². The van der Waals surface area contributed by atoms with Crippen LogP contribution in [0.4, 0.5) is 5.13 Å². The number of piperidine rings is 1. The molecule has 0 bridgehead atoms. The van der Waals surface area contributed by atoms with E-state index < -0.39 is 10.0 Å². The normalized spacial score (nSPS) is 15.4. The second-order valence-electron chi connectivity index (χ2n) is 7.06. The fourth-order valence-electron chi connectivity index (χ4n) is 3.27. The summed E-state index contributed by atoms with van der Waals surface area (Å²) in [7, 11) is -3.44. The molecule has 0 amide bonds. The quantitative estimate of drug-likeness (QED) is 0.350. The van der Waals surface area contributed by atoms with E-state index in [-0.39, 0.29) is 0 Å². The molecule has 10 heteroatoms. The molecule has 2 heterocycles. The molecule has 1 aliphatic rings. The number of anilines is 1. The average Bonchev–Trinajstić information content (AvgIpc) is 3.25. The predicted molar refractivity (Wildman–Crippen MR) is 128 cm³/mol. The Labute approximate surface area is 195 Å². The standard InChI is InChI=1S/C21H20Cl2N4O2S2/c22-17-7-4-16(19(23)12-17)13-24-26-21-25-20(14-30-21)15-5-8-18(9-6-15)31(28,29)27-10-2-1-3-11-27/h4-9,12-14H,1-3,10-11H2,(H,25,26)/b24-13+. The van der Waals surface area contributed by atoms with E-state index in [0.717, 1.165) is 36.1 Å². The SMILES string of the molecule is O=S(=O)(c1ccc(-c2csc(N/N=C/c3ccc(Cl)cc3Cl)n2)cc1)N1CCCCC1. The highest BCUT2D eigenvalue weighted by Crippen LogP contribution is 2.27. The number of nitrogens with zero attached hydrogens (tertiary/aromatic N) is 3. The highest BCUT2D eigenvalue weighted by molar-refractivity contribution is 7.89. The zero-order chi connectivity index (χ0) is 21.8. The van der Waals surface area contributed by atoms with Crippen LogP contribution in [-0.4, -0.2) is 37.0 Å². The molecule has 1 N–H and O–H groups in total. The summed E-state index contributed by atoms with van der Waals surface area (Å²) in [6, 6.07) is 12.0.